The fourth-order valence-corrected chi connectivity index (χ4v) is 3.13. The number of rotatable bonds is 9. The second-order valence-corrected chi connectivity index (χ2v) is 7.90. The van der Waals surface area contributed by atoms with Gasteiger partial charge >= 0.3 is 5.97 Å². The number of carbonyl (C=O) groups excluding carboxylic acids is 2. The van der Waals surface area contributed by atoms with Crippen molar-refractivity contribution in [1.29, 1.82) is 0 Å². The van der Waals surface area contributed by atoms with Gasteiger partial charge in [-0.05, 0) is 67.5 Å². The highest BCUT2D eigenvalue weighted by molar-refractivity contribution is 5.81. The number of aryl methyl sites for hydroxylation is 2. The topological polar surface area (TPSA) is 64.6 Å². The highest BCUT2D eigenvalue weighted by Crippen LogP contribution is 2.17. The molecular weight excluding hydrogens is 366 g/mol. The summed E-state index contributed by atoms with van der Waals surface area (Å²) in [5.41, 5.74) is 4.40. The first-order valence-corrected chi connectivity index (χ1v) is 9.98. The van der Waals surface area contributed by atoms with Gasteiger partial charge in [0, 0.05) is 0 Å². The minimum absolute atomic E-state index is 0.166. The van der Waals surface area contributed by atoms with Gasteiger partial charge in [-0.1, -0.05) is 44.2 Å². The normalized spacial score (nSPS) is 11.8. The second kappa shape index (κ2) is 10.6. The zero-order valence-corrected chi connectivity index (χ0v) is 18.0. The predicted octanol–water partition coefficient (Wildman–Crippen LogP) is 4.30. The maximum Gasteiger partial charge on any atom is 0.344 e. The quantitative estimate of drug-likeness (QED) is 0.641. The molecule has 2 rings (SSSR count). The number of carbonyl (C=O) groups is 2. The fraction of sp³-hybridized carbons (Fsp3) is 0.417. The Labute approximate surface area is 173 Å². The van der Waals surface area contributed by atoms with E-state index in [4.69, 9.17) is 9.47 Å². The van der Waals surface area contributed by atoms with Gasteiger partial charge in [-0.25, -0.2) is 4.79 Å². The highest BCUT2D eigenvalue weighted by atomic mass is 16.6. The van der Waals surface area contributed by atoms with Crippen LogP contribution in [0.3, 0.4) is 0 Å². The van der Waals surface area contributed by atoms with E-state index in [9.17, 15) is 9.59 Å². The van der Waals surface area contributed by atoms with E-state index < -0.39 is 5.97 Å². The van der Waals surface area contributed by atoms with Crippen molar-refractivity contribution >= 4 is 11.9 Å². The molecule has 5 heteroatoms. The van der Waals surface area contributed by atoms with Crippen molar-refractivity contribution in [2.45, 2.75) is 47.1 Å². The molecule has 0 unspecified atom stereocenters. The summed E-state index contributed by atoms with van der Waals surface area (Å²) in [6.45, 7) is 9.63. The smallest absolute Gasteiger partial charge is 0.344 e. The van der Waals surface area contributed by atoms with Crippen molar-refractivity contribution in [1.82, 2.24) is 5.32 Å². The number of benzene rings is 2. The molecule has 1 amide bonds. The van der Waals surface area contributed by atoms with Crippen LogP contribution in [-0.4, -0.2) is 25.1 Å². The molecular formula is C24H31NO4. The predicted molar refractivity (Wildman–Crippen MR) is 114 cm³/mol. The third-order valence-corrected chi connectivity index (χ3v) is 4.42. The Balaban J connectivity index is 1.74. The van der Waals surface area contributed by atoms with Crippen LogP contribution in [0.15, 0.2) is 42.5 Å². The van der Waals surface area contributed by atoms with E-state index in [0.29, 0.717) is 11.7 Å². The number of hydrogen-bond acceptors (Lipinski definition) is 4. The second-order valence-electron chi connectivity index (χ2n) is 7.90. The monoisotopic (exact) mass is 397 g/mol. The molecule has 1 atom stereocenters. The number of esters is 1. The van der Waals surface area contributed by atoms with Crippen LogP contribution in [-0.2, 0) is 20.7 Å². The van der Waals surface area contributed by atoms with Crippen LogP contribution in [0, 0.1) is 19.8 Å². The van der Waals surface area contributed by atoms with Crippen molar-refractivity contribution in [3.05, 3.63) is 64.7 Å². The van der Waals surface area contributed by atoms with Gasteiger partial charge in [-0.3, -0.25) is 4.79 Å². The van der Waals surface area contributed by atoms with E-state index >= 15 is 0 Å². The Kier molecular flexibility index (Phi) is 8.25. The molecule has 0 aliphatic carbocycles. The lowest BCUT2D eigenvalue weighted by Gasteiger charge is -2.15. The molecule has 0 aliphatic heterocycles. The minimum Gasteiger partial charge on any atom is -0.482 e. The molecule has 2 aromatic carbocycles. The standard InChI is InChI=1S/C24H31NO4/c1-16(2)10-20-6-8-21(9-7-20)19(5)25-23(26)14-29-24(27)15-28-22-12-17(3)11-18(4)13-22/h6-9,11-13,16,19H,10,14-15H2,1-5H3,(H,25,26)/t19-/m1/s1. The lowest BCUT2D eigenvalue weighted by molar-refractivity contribution is -0.150. The number of ether oxygens (including phenoxy) is 2. The molecule has 5 nitrogen and oxygen atoms in total. The van der Waals surface area contributed by atoms with Crippen LogP contribution in [0.1, 0.15) is 49.1 Å². The van der Waals surface area contributed by atoms with Gasteiger partial charge in [0.1, 0.15) is 5.75 Å². The molecule has 0 radical (unpaired) electrons. The van der Waals surface area contributed by atoms with Crippen molar-refractivity contribution in [2.75, 3.05) is 13.2 Å². The zero-order chi connectivity index (χ0) is 21.4. The molecule has 0 heterocycles. The lowest BCUT2D eigenvalue weighted by Crippen LogP contribution is -2.32. The zero-order valence-electron chi connectivity index (χ0n) is 18.0. The van der Waals surface area contributed by atoms with Gasteiger partial charge in [-0.2, -0.15) is 0 Å². The number of hydrogen-bond donors (Lipinski definition) is 1. The van der Waals surface area contributed by atoms with E-state index in [1.165, 1.54) is 5.56 Å². The van der Waals surface area contributed by atoms with Crippen molar-refractivity contribution < 1.29 is 19.1 Å². The Bertz CT molecular complexity index is 807. The first-order valence-electron chi connectivity index (χ1n) is 9.98. The molecule has 156 valence electrons. The average Bonchev–Trinajstić information content (AvgIpc) is 2.64. The van der Waals surface area contributed by atoms with E-state index in [1.807, 2.05) is 51.1 Å². The maximum atomic E-state index is 12.1. The van der Waals surface area contributed by atoms with Gasteiger partial charge in [0.2, 0.25) is 0 Å². The van der Waals surface area contributed by atoms with E-state index in [2.05, 4.69) is 31.3 Å². The average molecular weight is 398 g/mol. The summed E-state index contributed by atoms with van der Waals surface area (Å²) in [6.07, 6.45) is 1.03. The van der Waals surface area contributed by atoms with Gasteiger partial charge in [0.15, 0.2) is 13.2 Å². The SMILES string of the molecule is Cc1cc(C)cc(OCC(=O)OCC(=O)N[C@H](C)c2ccc(CC(C)C)cc2)c1. The molecule has 0 spiro atoms. The Morgan fingerprint density at radius 1 is 0.931 bits per heavy atom. The summed E-state index contributed by atoms with van der Waals surface area (Å²) in [5.74, 6) is 0.290. The first-order chi connectivity index (χ1) is 13.7. The fourth-order valence-electron chi connectivity index (χ4n) is 3.13. The van der Waals surface area contributed by atoms with Gasteiger partial charge in [0.25, 0.3) is 5.91 Å². The molecule has 0 saturated heterocycles. The summed E-state index contributed by atoms with van der Waals surface area (Å²) in [4.78, 5) is 23.9. The third-order valence-electron chi connectivity index (χ3n) is 4.42. The summed E-state index contributed by atoms with van der Waals surface area (Å²) < 4.78 is 10.5. The summed E-state index contributed by atoms with van der Waals surface area (Å²) in [5, 5.41) is 2.84. The Hall–Kier alpha value is -2.82. The van der Waals surface area contributed by atoms with Crippen LogP contribution in [0.25, 0.3) is 0 Å². The maximum absolute atomic E-state index is 12.1. The minimum atomic E-state index is -0.579. The van der Waals surface area contributed by atoms with Gasteiger partial charge in [0.05, 0.1) is 6.04 Å². The molecule has 0 aliphatic rings. The molecule has 2 aromatic rings. The molecule has 0 aromatic heterocycles. The van der Waals surface area contributed by atoms with Crippen LogP contribution < -0.4 is 10.1 Å². The molecule has 1 N–H and O–H groups in total. The highest BCUT2D eigenvalue weighted by Gasteiger charge is 2.13. The molecule has 0 bridgehead atoms. The molecule has 0 saturated carbocycles. The van der Waals surface area contributed by atoms with Gasteiger partial charge in [-0.15, -0.1) is 0 Å². The van der Waals surface area contributed by atoms with Crippen LogP contribution >= 0.6 is 0 Å². The van der Waals surface area contributed by atoms with E-state index in [-0.39, 0.29) is 25.2 Å². The Morgan fingerprint density at radius 3 is 2.14 bits per heavy atom. The largest absolute Gasteiger partial charge is 0.482 e. The lowest BCUT2D eigenvalue weighted by atomic mass is 10.00. The number of amides is 1. The Morgan fingerprint density at radius 2 is 1.55 bits per heavy atom. The molecule has 29 heavy (non-hydrogen) atoms. The summed E-state index contributed by atoms with van der Waals surface area (Å²) >= 11 is 0. The van der Waals surface area contributed by atoms with E-state index in [1.54, 1.807) is 0 Å². The first kappa shape index (κ1) is 22.5. The third kappa shape index (κ3) is 7.98. The van der Waals surface area contributed by atoms with Crippen molar-refractivity contribution in [2.24, 2.45) is 5.92 Å². The van der Waals surface area contributed by atoms with Crippen molar-refractivity contribution in [3.63, 3.8) is 0 Å². The van der Waals surface area contributed by atoms with E-state index in [0.717, 1.165) is 23.1 Å². The van der Waals surface area contributed by atoms with Gasteiger partial charge < -0.3 is 14.8 Å². The summed E-state index contributed by atoms with van der Waals surface area (Å²) in [6, 6.07) is 13.8. The van der Waals surface area contributed by atoms with Crippen LogP contribution in [0.2, 0.25) is 0 Å². The molecule has 0 fully saturated rings. The summed E-state index contributed by atoms with van der Waals surface area (Å²) in [7, 11) is 0. The van der Waals surface area contributed by atoms with Crippen LogP contribution in [0.4, 0.5) is 0 Å². The number of nitrogens with one attached hydrogen (secondary N) is 1. The van der Waals surface area contributed by atoms with Crippen molar-refractivity contribution in [3.8, 4) is 5.75 Å². The van der Waals surface area contributed by atoms with Crippen LogP contribution in [0.5, 0.6) is 5.75 Å².